The van der Waals surface area contributed by atoms with Gasteiger partial charge in [-0.05, 0) is 0 Å². The smallest absolute Gasteiger partial charge is 0.693 e. The van der Waals surface area contributed by atoms with Gasteiger partial charge in [0.2, 0.25) is 0 Å². The van der Waals surface area contributed by atoms with E-state index < -0.39 is 67.9 Å². The van der Waals surface area contributed by atoms with Crippen molar-refractivity contribution < 1.29 is 75.2 Å². The molecular weight excluding hydrogens is 534 g/mol. The Labute approximate surface area is 156 Å². The molecule has 12 nitrogen and oxygen atoms in total. The van der Waals surface area contributed by atoms with Crippen molar-refractivity contribution in [3.63, 3.8) is 0 Å². The zero-order valence-corrected chi connectivity index (χ0v) is 14.9. The van der Waals surface area contributed by atoms with Gasteiger partial charge in [0.1, 0.15) is 24.4 Å². The molecular formula is C11H21FN2O10Pt. The summed E-state index contributed by atoms with van der Waals surface area (Å²) in [5.41, 5.74) is -3.58. The van der Waals surface area contributed by atoms with E-state index in [0.717, 1.165) is 0 Å². The first-order valence-electron chi connectivity index (χ1n) is 6.23. The van der Waals surface area contributed by atoms with Crippen molar-refractivity contribution in [3.8, 4) is 0 Å². The van der Waals surface area contributed by atoms with Crippen molar-refractivity contribution in [3.05, 3.63) is 12.3 Å². The Morgan fingerprint density at radius 1 is 1.04 bits per heavy atom. The first-order chi connectivity index (χ1) is 10.1. The topological polar surface area (TPSA) is 241 Å². The fourth-order valence-corrected chi connectivity index (χ4v) is 1.83. The van der Waals surface area contributed by atoms with Gasteiger partial charge in [0.15, 0.2) is 6.29 Å². The van der Waals surface area contributed by atoms with E-state index in [1.807, 2.05) is 0 Å². The zero-order chi connectivity index (χ0) is 17.1. The maximum absolute atomic E-state index is 13.7. The summed E-state index contributed by atoms with van der Waals surface area (Å²) >= 11 is 0. The number of carboxylic acids is 2. The van der Waals surface area contributed by atoms with Gasteiger partial charge in [-0.2, -0.15) is 0 Å². The quantitative estimate of drug-likeness (QED) is 0.199. The molecule has 0 amide bonds. The van der Waals surface area contributed by atoms with Gasteiger partial charge >= 0.3 is 38.7 Å². The van der Waals surface area contributed by atoms with Crippen LogP contribution in [0.2, 0.25) is 0 Å². The van der Waals surface area contributed by atoms with Gasteiger partial charge in [-0.15, -0.1) is 0 Å². The molecule has 0 aromatic heterocycles. The minimum Gasteiger partial charge on any atom is -0.693 e. The number of carbonyl (C=O) groups is 2. The molecule has 1 rings (SSSR count). The summed E-state index contributed by atoms with van der Waals surface area (Å²) in [6, 6.07) is 0. The maximum atomic E-state index is 13.7. The van der Waals surface area contributed by atoms with Gasteiger partial charge in [-0.1, -0.05) is 0 Å². The molecule has 25 heavy (non-hydrogen) atoms. The van der Waals surface area contributed by atoms with Crippen LogP contribution in [0.5, 0.6) is 0 Å². The number of hydrogen-bond donors (Lipinski definition) is 6. The summed E-state index contributed by atoms with van der Waals surface area (Å²) in [4.78, 5) is 21.2. The fraction of sp³-hybridized carbons (Fsp3) is 0.818. The van der Waals surface area contributed by atoms with Gasteiger partial charge in [-0.25, -0.2) is 14.0 Å². The summed E-state index contributed by atoms with van der Waals surface area (Å²) in [5.74, 6) is -4.42. The van der Waals surface area contributed by atoms with E-state index in [1.165, 1.54) is 0 Å². The Kier molecular flexibility index (Phi) is 13.7. The summed E-state index contributed by atoms with van der Waals surface area (Å²) in [7, 11) is 0. The molecule has 1 unspecified atom stereocenters. The van der Waals surface area contributed by atoms with E-state index >= 15 is 0 Å². The van der Waals surface area contributed by atoms with E-state index in [1.54, 1.807) is 0 Å². The fourth-order valence-electron chi connectivity index (χ4n) is 1.83. The number of carboxylic acid groups (broad SMARTS) is 2. The van der Waals surface area contributed by atoms with E-state index in [9.17, 15) is 29.3 Å². The van der Waals surface area contributed by atoms with Crippen molar-refractivity contribution in [1.82, 2.24) is 0 Å². The number of nitrogens with two attached hydrogens (primary N) is 2. The van der Waals surface area contributed by atoms with Gasteiger partial charge in [-0.3, -0.25) is 0 Å². The predicted molar refractivity (Wildman–Crippen MR) is 74.0 cm³/mol. The zero-order valence-electron chi connectivity index (χ0n) is 12.7. The van der Waals surface area contributed by atoms with Crippen LogP contribution in [0.25, 0.3) is 12.3 Å². The van der Waals surface area contributed by atoms with Crippen LogP contribution in [0, 0.1) is 0 Å². The molecule has 5 atom stereocenters. The molecule has 0 aromatic rings. The van der Waals surface area contributed by atoms with Crippen LogP contribution in [0.4, 0.5) is 4.39 Å². The molecule has 0 saturated carbocycles. The molecule has 10 N–H and O–H groups in total. The van der Waals surface area contributed by atoms with Crippen LogP contribution in [0.15, 0.2) is 0 Å². The number of aliphatic hydroxyl groups excluding tert-OH is 4. The summed E-state index contributed by atoms with van der Waals surface area (Å²) in [6.45, 7) is -1.47. The largest absolute Gasteiger partial charge is 2.00 e. The first-order valence-corrected chi connectivity index (χ1v) is 6.23. The molecule has 1 fully saturated rings. The van der Waals surface area contributed by atoms with Crippen molar-refractivity contribution >= 4 is 11.9 Å². The standard InChI is InChI=1S/C11H17FO10.2H2N.Pt/c12-11(9(17)18,10(19)20)1-2-21-8-7(16)6(15)5(14)4(3-13)22-8;;;/h4-8,13-16H,1-3H2,(H,17,18)(H,19,20);2*1H2;/q;2*-1;+2/t4-,5-,6+,7+,8?;;;/m1.../s1. The monoisotopic (exact) mass is 555 g/mol. The molecule has 0 spiro atoms. The van der Waals surface area contributed by atoms with Crippen LogP contribution >= 0.6 is 0 Å². The second-order valence-electron chi connectivity index (χ2n) is 4.73. The molecule has 14 heteroatoms. The van der Waals surface area contributed by atoms with Crippen molar-refractivity contribution in [1.29, 1.82) is 0 Å². The minimum atomic E-state index is -3.58. The third kappa shape index (κ3) is 6.47. The van der Waals surface area contributed by atoms with Gasteiger partial charge in [0.25, 0.3) is 0 Å². The third-order valence-corrected chi connectivity index (χ3v) is 3.26. The number of hydrogen-bond acceptors (Lipinski definition) is 8. The molecule has 0 aromatic carbocycles. The average Bonchev–Trinajstić information content (AvgIpc) is 2.46. The van der Waals surface area contributed by atoms with Crippen LogP contribution in [0.1, 0.15) is 6.42 Å². The Balaban J connectivity index is -0.00000161. The number of alkyl halides is 1. The van der Waals surface area contributed by atoms with Gasteiger partial charge in [0, 0.05) is 6.42 Å². The molecule has 1 aliphatic rings. The maximum Gasteiger partial charge on any atom is 2.00 e. The van der Waals surface area contributed by atoms with E-state index in [4.69, 9.17) is 24.8 Å². The van der Waals surface area contributed by atoms with Crippen LogP contribution in [-0.4, -0.2) is 92.2 Å². The van der Waals surface area contributed by atoms with Crippen molar-refractivity contribution in [2.24, 2.45) is 0 Å². The molecule has 0 aliphatic carbocycles. The average molecular weight is 555 g/mol. The van der Waals surface area contributed by atoms with Crippen molar-refractivity contribution in [2.45, 2.75) is 42.8 Å². The summed E-state index contributed by atoms with van der Waals surface area (Å²) in [5, 5.41) is 54.6. The molecule has 0 bridgehead atoms. The molecule has 1 heterocycles. The second kappa shape index (κ2) is 11.8. The van der Waals surface area contributed by atoms with E-state index in [2.05, 4.69) is 0 Å². The third-order valence-electron chi connectivity index (χ3n) is 3.26. The normalized spacial score (nSPS) is 28.8. The van der Waals surface area contributed by atoms with Gasteiger partial charge < -0.3 is 52.4 Å². The van der Waals surface area contributed by atoms with Crippen LogP contribution < -0.4 is 0 Å². The van der Waals surface area contributed by atoms with Crippen LogP contribution in [0.3, 0.4) is 0 Å². The number of aliphatic carboxylic acids is 2. The number of rotatable bonds is 7. The predicted octanol–water partition coefficient (Wildman–Crippen LogP) is -1.50. The Hall–Kier alpha value is -0.762. The second-order valence-corrected chi connectivity index (χ2v) is 4.73. The molecule has 152 valence electrons. The number of aliphatic hydroxyl groups is 4. The Bertz CT molecular complexity index is 416. The Morgan fingerprint density at radius 2 is 1.52 bits per heavy atom. The molecule has 1 aliphatic heterocycles. The van der Waals surface area contributed by atoms with E-state index in [-0.39, 0.29) is 33.4 Å². The van der Waals surface area contributed by atoms with Crippen LogP contribution in [-0.2, 0) is 40.1 Å². The number of halogens is 1. The summed E-state index contributed by atoms with van der Waals surface area (Å²) < 4.78 is 23.4. The first kappa shape index (κ1) is 29.0. The summed E-state index contributed by atoms with van der Waals surface area (Å²) in [6.07, 6.45) is -9.00. The van der Waals surface area contributed by atoms with E-state index in [0.29, 0.717) is 0 Å². The van der Waals surface area contributed by atoms with Crippen molar-refractivity contribution in [2.75, 3.05) is 13.2 Å². The molecule has 1 saturated heterocycles. The molecule has 0 radical (unpaired) electrons. The van der Waals surface area contributed by atoms with Gasteiger partial charge in [0.05, 0.1) is 13.2 Å². The Morgan fingerprint density at radius 3 is 1.92 bits per heavy atom. The SMILES string of the molecule is O=C(O)C(F)(CCOC1O[C@H](CO)[C@@H](O)[C@H](O)[C@@H]1O)C(=O)O.[NH2-].[NH2-].[Pt+2]. The number of ether oxygens (including phenoxy) is 2. The minimum absolute atomic E-state index is 0.